The summed E-state index contributed by atoms with van der Waals surface area (Å²) in [5.41, 5.74) is 1.13. The minimum absolute atomic E-state index is 0.0264. The molecule has 0 saturated carbocycles. The van der Waals surface area contributed by atoms with Crippen LogP contribution in [0.4, 0.5) is 5.13 Å². The van der Waals surface area contributed by atoms with E-state index in [-0.39, 0.29) is 17.9 Å². The molecule has 6 nitrogen and oxygen atoms in total. The Bertz CT molecular complexity index is 764. The number of anilines is 1. The fourth-order valence-electron chi connectivity index (χ4n) is 3.24. The molecule has 27 heavy (non-hydrogen) atoms. The summed E-state index contributed by atoms with van der Waals surface area (Å²) in [7, 11) is 1.67. The summed E-state index contributed by atoms with van der Waals surface area (Å²) < 4.78 is 9.80. The summed E-state index contributed by atoms with van der Waals surface area (Å²) in [4.78, 5) is 19.4. The summed E-state index contributed by atoms with van der Waals surface area (Å²) in [6, 6.07) is 8.20. The van der Waals surface area contributed by atoms with Crippen LogP contribution in [0.15, 0.2) is 24.3 Å². The summed E-state index contributed by atoms with van der Waals surface area (Å²) in [5, 5.41) is 4.02. The number of rotatable bonds is 7. The van der Waals surface area contributed by atoms with E-state index in [0.29, 0.717) is 6.42 Å². The molecule has 1 N–H and O–H groups in total. The van der Waals surface area contributed by atoms with Gasteiger partial charge in [0, 0.05) is 37.1 Å². The largest absolute Gasteiger partial charge is 0.497 e. The molecule has 7 heteroatoms. The van der Waals surface area contributed by atoms with E-state index in [1.807, 2.05) is 25.1 Å². The molecule has 0 bridgehead atoms. The normalized spacial score (nSPS) is 18.2. The van der Waals surface area contributed by atoms with E-state index in [4.69, 9.17) is 9.72 Å². The van der Waals surface area contributed by atoms with Gasteiger partial charge in [-0.2, -0.15) is 4.37 Å². The molecule has 2 atom stereocenters. The predicted molar refractivity (Wildman–Crippen MR) is 109 cm³/mol. The Morgan fingerprint density at radius 3 is 3.11 bits per heavy atom. The van der Waals surface area contributed by atoms with Gasteiger partial charge < -0.3 is 15.0 Å². The third-order valence-electron chi connectivity index (χ3n) is 5.02. The predicted octanol–water partition coefficient (Wildman–Crippen LogP) is 3.27. The van der Waals surface area contributed by atoms with Gasteiger partial charge in [0.05, 0.1) is 13.0 Å². The molecular weight excluding hydrogens is 360 g/mol. The summed E-state index contributed by atoms with van der Waals surface area (Å²) in [6.07, 6.45) is 3.57. The second-order valence-corrected chi connectivity index (χ2v) is 7.85. The van der Waals surface area contributed by atoms with Crippen molar-refractivity contribution < 1.29 is 9.53 Å². The van der Waals surface area contributed by atoms with Crippen LogP contribution >= 0.6 is 11.5 Å². The Labute approximate surface area is 165 Å². The molecule has 1 aliphatic rings. The minimum Gasteiger partial charge on any atom is -0.497 e. The van der Waals surface area contributed by atoms with Crippen molar-refractivity contribution in [1.29, 1.82) is 0 Å². The molecule has 1 aliphatic heterocycles. The van der Waals surface area contributed by atoms with E-state index < -0.39 is 0 Å². The van der Waals surface area contributed by atoms with Crippen molar-refractivity contribution in [2.75, 3.05) is 25.1 Å². The number of carbonyl (C=O) groups excluding carboxylic acids is 1. The molecule has 2 heterocycles. The zero-order valence-corrected chi connectivity index (χ0v) is 17.1. The molecule has 0 radical (unpaired) electrons. The van der Waals surface area contributed by atoms with Crippen LogP contribution in [0.5, 0.6) is 5.75 Å². The van der Waals surface area contributed by atoms with Crippen LogP contribution in [0.1, 0.15) is 44.5 Å². The number of amides is 1. The lowest BCUT2D eigenvalue weighted by atomic mass is 9.97. The molecule has 1 amide bonds. The van der Waals surface area contributed by atoms with Crippen LogP contribution in [0.3, 0.4) is 0 Å². The molecule has 0 aliphatic carbocycles. The van der Waals surface area contributed by atoms with E-state index in [9.17, 15) is 4.79 Å². The first-order chi connectivity index (χ1) is 13.1. The fourth-order valence-corrected chi connectivity index (χ4v) is 3.96. The van der Waals surface area contributed by atoms with E-state index in [1.54, 1.807) is 7.11 Å². The molecule has 3 rings (SSSR count). The van der Waals surface area contributed by atoms with Crippen LogP contribution < -0.4 is 15.0 Å². The SMILES string of the molecule is CC[C@@H](C)NC(=O)[C@H]1CCCN(c2nc(Cc3cccc(OC)c3)ns2)C1. The third-order valence-corrected chi connectivity index (χ3v) is 5.83. The van der Waals surface area contributed by atoms with Crippen molar-refractivity contribution in [3.8, 4) is 5.75 Å². The molecule has 0 spiro atoms. The number of ether oxygens (including phenoxy) is 1. The van der Waals surface area contributed by atoms with E-state index in [2.05, 4.69) is 27.6 Å². The Morgan fingerprint density at radius 2 is 2.33 bits per heavy atom. The van der Waals surface area contributed by atoms with Gasteiger partial charge >= 0.3 is 0 Å². The average molecular weight is 389 g/mol. The second-order valence-electron chi connectivity index (χ2n) is 7.12. The maximum absolute atomic E-state index is 12.5. The minimum atomic E-state index is 0.0264. The zero-order valence-electron chi connectivity index (χ0n) is 16.3. The van der Waals surface area contributed by atoms with Gasteiger partial charge in [-0.3, -0.25) is 4.79 Å². The lowest BCUT2D eigenvalue weighted by Crippen LogP contribution is -2.45. The van der Waals surface area contributed by atoms with Crippen molar-refractivity contribution in [2.24, 2.45) is 5.92 Å². The van der Waals surface area contributed by atoms with Crippen LogP contribution in [0.25, 0.3) is 0 Å². The van der Waals surface area contributed by atoms with Crippen LogP contribution in [-0.4, -0.2) is 41.5 Å². The van der Waals surface area contributed by atoms with Gasteiger partial charge in [0.2, 0.25) is 11.0 Å². The lowest BCUT2D eigenvalue weighted by Gasteiger charge is -2.32. The van der Waals surface area contributed by atoms with E-state index in [0.717, 1.165) is 54.6 Å². The van der Waals surface area contributed by atoms with Crippen molar-refractivity contribution in [3.05, 3.63) is 35.7 Å². The monoisotopic (exact) mass is 388 g/mol. The van der Waals surface area contributed by atoms with Gasteiger partial charge in [-0.05, 0) is 43.9 Å². The molecule has 1 fully saturated rings. The number of piperidine rings is 1. The Morgan fingerprint density at radius 1 is 1.48 bits per heavy atom. The molecule has 0 unspecified atom stereocenters. The molecule has 2 aromatic rings. The van der Waals surface area contributed by atoms with Crippen molar-refractivity contribution >= 4 is 22.6 Å². The first kappa shape index (κ1) is 19.6. The smallest absolute Gasteiger partial charge is 0.225 e. The zero-order chi connectivity index (χ0) is 19.2. The van der Waals surface area contributed by atoms with Gasteiger partial charge in [0.25, 0.3) is 0 Å². The van der Waals surface area contributed by atoms with Gasteiger partial charge in [-0.25, -0.2) is 4.98 Å². The quantitative estimate of drug-likeness (QED) is 0.788. The number of benzene rings is 1. The number of aromatic nitrogens is 2. The Balaban J connectivity index is 1.62. The number of nitrogens with zero attached hydrogens (tertiary/aromatic N) is 3. The summed E-state index contributed by atoms with van der Waals surface area (Å²) in [6.45, 7) is 5.79. The highest BCUT2D eigenvalue weighted by Crippen LogP contribution is 2.26. The van der Waals surface area contributed by atoms with Crippen LogP contribution in [0, 0.1) is 5.92 Å². The lowest BCUT2D eigenvalue weighted by molar-refractivity contribution is -0.125. The van der Waals surface area contributed by atoms with Crippen molar-refractivity contribution in [3.63, 3.8) is 0 Å². The first-order valence-electron chi connectivity index (χ1n) is 9.60. The Kier molecular flexibility index (Phi) is 6.66. The van der Waals surface area contributed by atoms with Gasteiger partial charge in [0.15, 0.2) is 0 Å². The van der Waals surface area contributed by atoms with Gasteiger partial charge in [0.1, 0.15) is 11.6 Å². The molecule has 1 aromatic heterocycles. The Hall–Kier alpha value is -2.15. The van der Waals surface area contributed by atoms with Gasteiger partial charge in [-0.15, -0.1) is 0 Å². The van der Waals surface area contributed by atoms with Crippen molar-refractivity contribution in [2.45, 2.75) is 45.6 Å². The molecule has 1 aromatic carbocycles. The van der Waals surface area contributed by atoms with Crippen LogP contribution in [0.2, 0.25) is 0 Å². The topological polar surface area (TPSA) is 67.4 Å². The van der Waals surface area contributed by atoms with Crippen molar-refractivity contribution in [1.82, 2.24) is 14.7 Å². The number of nitrogens with one attached hydrogen (secondary N) is 1. The highest BCUT2D eigenvalue weighted by molar-refractivity contribution is 7.09. The number of carbonyl (C=O) groups is 1. The fraction of sp³-hybridized carbons (Fsp3) is 0.550. The average Bonchev–Trinajstić information content (AvgIpc) is 3.16. The van der Waals surface area contributed by atoms with Crippen LogP contribution in [-0.2, 0) is 11.2 Å². The third kappa shape index (κ3) is 5.19. The molecule has 1 saturated heterocycles. The highest BCUT2D eigenvalue weighted by atomic mass is 32.1. The van der Waals surface area contributed by atoms with E-state index in [1.165, 1.54) is 11.5 Å². The molecule has 146 valence electrons. The first-order valence-corrected chi connectivity index (χ1v) is 10.4. The highest BCUT2D eigenvalue weighted by Gasteiger charge is 2.28. The number of hydrogen-bond acceptors (Lipinski definition) is 6. The standard InChI is InChI=1S/C20H28N4O2S/c1-4-14(2)21-19(25)16-8-6-10-24(13-16)20-22-18(23-27-20)12-15-7-5-9-17(11-15)26-3/h5,7,9,11,14,16H,4,6,8,10,12-13H2,1-3H3,(H,21,25)/t14-,16+/m1/s1. The maximum Gasteiger partial charge on any atom is 0.225 e. The van der Waals surface area contributed by atoms with E-state index >= 15 is 0 Å². The summed E-state index contributed by atoms with van der Waals surface area (Å²) in [5.74, 6) is 1.84. The molecular formula is C20H28N4O2S. The summed E-state index contributed by atoms with van der Waals surface area (Å²) >= 11 is 1.42. The maximum atomic E-state index is 12.5. The second kappa shape index (κ2) is 9.17. The van der Waals surface area contributed by atoms with Gasteiger partial charge in [-0.1, -0.05) is 19.1 Å². The number of methoxy groups -OCH3 is 1. The number of hydrogen-bond donors (Lipinski definition) is 1.